The number of ether oxygens (including phenoxy) is 3. The van der Waals surface area contributed by atoms with Crippen LogP contribution in [0.15, 0.2) is 34.4 Å². The first-order valence-electron chi connectivity index (χ1n) is 8.83. The van der Waals surface area contributed by atoms with Gasteiger partial charge in [-0.1, -0.05) is 17.5 Å². The molecule has 1 aliphatic rings. The summed E-state index contributed by atoms with van der Waals surface area (Å²) in [5, 5.41) is 2.72. The van der Waals surface area contributed by atoms with E-state index >= 15 is 0 Å². The number of methoxy groups -OCH3 is 2. The fraction of sp³-hybridized carbons (Fsp3) is 0.190. The minimum atomic E-state index is -0.662. The van der Waals surface area contributed by atoms with Gasteiger partial charge in [0.2, 0.25) is 5.76 Å². The summed E-state index contributed by atoms with van der Waals surface area (Å²) in [5.41, 5.74) is 0.520. The first-order chi connectivity index (χ1) is 14.9. The Morgan fingerprint density at radius 1 is 1.32 bits per heavy atom. The number of carbonyl (C=O) groups is 3. The van der Waals surface area contributed by atoms with Crippen molar-refractivity contribution in [1.29, 1.82) is 0 Å². The number of nitrogens with zero attached hydrogens (tertiary/aromatic N) is 1. The first kappa shape index (κ1) is 21.8. The van der Waals surface area contributed by atoms with Gasteiger partial charge in [0.25, 0.3) is 5.91 Å². The van der Waals surface area contributed by atoms with Gasteiger partial charge in [0.05, 0.1) is 25.8 Å². The van der Waals surface area contributed by atoms with Gasteiger partial charge in [-0.25, -0.2) is 9.59 Å². The Labute approximate surface area is 182 Å². The summed E-state index contributed by atoms with van der Waals surface area (Å²) < 4.78 is 20.5. The molecular weight excluding hydrogens is 428 g/mol. The van der Waals surface area contributed by atoms with E-state index in [1.54, 1.807) is 12.1 Å². The Morgan fingerprint density at radius 2 is 2.10 bits per heavy atom. The van der Waals surface area contributed by atoms with E-state index in [-0.39, 0.29) is 41.1 Å². The van der Waals surface area contributed by atoms with Crippen LogP contribution in [0.25, 0.3) is 6.08 Å². The molecule has 160 valence electrons. The van der Waals surface area contributed by atoms with Crippen molar-refractivity contribution in [3.8, 4) is 23.8 Å². The Bertz CT molecular complexity index is 1110. The number of rotatable bonds is 7. The number of nitrogens with one attached hydrogen (secondary N) is 1. The number of terminal acetylenes is 1. The summed E-state index contributed by atoms with van der Waals surface area (Å²) in [4.78, 5) is 37.4. The molecule has 10 heteroatoms. The largest absolute Gasteiger partial charge is 0.493 e. The van der Waals surface area contributed by atoms with E-state index < -0.39 is 17.9 Å². The van der Waals surface area contributed by atoms with Crippen LogP contribution in [-0.4, -0.2) is 43.6 Å². The number of urea groups is 1. The van der Waals surface area contributed by atoms with E-state index in [1.165, 1.54) is 32.4 Å². The normalized spacial score (nSPS) is 14.4. The molecule has 2 heterocycles. The van der Waals surface area contributed by atoms with E-state index in [0.29, 0.717) is 11.3 Å². The maximum Gasteiger partial charge on any atom is 0.373 e. The number of halogens is 1. The van der Waals surface area contributed by atoms with Crippen LogP contribution < -0.4 is 14.8 Å². The number of hydrogen-bond acceptors (Lipinski definition) is 7. The number of carbonyl (C=O) groups excluding carboxylic acids is 3. The predicted molar refractivity (Wildman–Crippen MR) is 109 cm³/mol. The monoisotopic (exact) mass is 444 g/mol. The summed E-state index contributed by atoms with van der Waals surface area (Å²) in [7, 11) is 2.65. The van der Waals surface area contributed by atoms with Crippen molar-refractivity contribution in [2.45, 2.75) is 6.54 Å². The summed E-state index contributed by atoms with van der Waals surface area (Å²) in [6, 6.07) is 5.37. The minimum Gasteiger partial charge on any atom is -0.493 e. The predicted octanol–water partition coefficient (Wildman–Crippen LogP) is 2.83. The van der Waals surface area contributed by atoms with Crippen LogP contribution in [0.3, 0.4) is 0 Å². The molecule has 1 N–H and O–H groups in total. The molecule has 0 aliphatic carbocycles. The van der Waals surface area contributed by atoms with E-state index in [0.717, 1.165) is 4.90 Å². The summed E-state index contributed by atoms with van der Waals surface area (Å²) in [5.74, 6) is 1.88. The Kier molecular flexibility index (Phi) is 6.52. The number of hydrogen-bond donors (Lipinski definition) is 1. The molecular formula is C21H17ClN2O7. The maximum absolute atomic E-state index is 12.7. The molecule has 31 heavy (non-hydrogen) atoms. The van der Waals surface area contributed by atoms with Crippen LogP contribution >= 0.6 is 11.6 Å². The van der Waals surface area contributed by atoms with Crippen LogP contribution in [0.2, 0.25) is 5.02 Å². The molecule has 0 bridgehead atoms. The second-order valence-corrected chi connectivity index (χ2v) is 6.57. The van der Waals surface area contributed by atoms with Crippen LogP contribution in [-0.2, 0) is 16.1 Å². The van der Waals surface area contributed by atoms with Crippen LogP contribution in [0.4, 0.5) is 4.79 Å². The summed E-state index contributed by atoms with van der Waals surface area (Å²) in [6.07, 6.45) is 6.64. The van der Waals surface area contributed by atoms with Gasteiger partial charge in [0.15, 0.2) is 11.5 Å². The lowest BCUT2D eigenvalue weighted by atomic mass is 10.1. The maximum atomic E-state index is 12.7. The van der Waals surface area contributed by atoms with Crippen molar-refractivity contribution in [2.75, 3.05) is 20.8 Å². The van der Waals surface area contributed by atoms with Gasteiger partial charge < -0.3 is 23.9 Å². The van der Waals surface area contributed by atoms with Crippen molar-refractivity contribution in [1.82, 2.24) is 10.2 Å². The topological polar surface area (TPSA) is 107 Å². The quantitative estimate of drug-likeness (QED) is 0.303. The lowest BCUT2D eigenvalue weighted by molar-refractivity contribution is -0.123. The van der Waals surface area contributed by atoms with Gasteiger partial charge in [0.1, 0.15) is 18.1 Å². The third kappa shape index (κ3) is 4.65. The van der Waals surface area contributed by atoms with Crippen LogP contribution in [0.1, 0.15) is 21.9 Å². The molecule has 0 radical (unpaired) electrons. The lowest BCUT2D eigenvalue weighted by Gasteiger charge is -2.12. The molecule has 1 saturated heterocycles. The van der Waals surface area contributed by atoms with E-state index in [4.69, 9.17) is 31.9 Å². The molecule has 1 aromatic carbocycles. The highest BCUT2D eigenvalue weighted by Gasteiger charge is 2.34. The highest BCUT2D eigenvalue weighted by Crippen LogP contribution is 2.37. The van der Waals surface area contributed by atoms with Gasteiger partial charge in [0, 0.05) is 0 Å². The number of amides is 3. The number of esters is 1. The van der Waals surface area contributed by atoms with E-state index in [1.807, 2.05) is 0 Å². The zero-order chi connectivity index (χ0) is 22.5. The highest BCUT2D eigenvalue weighted by atomic mass is 35.5. The molecule has 2 aromatic rings. The van der Waals surface area contributed by atoms with Crippen molar-refractivity contribution in [3.63, 3.8) is 0 Å². The molecule has 1 aromatic heterocycles. The molecule has 0 unspecified atom stereocenters. The molecule has 1 aliphatic heterocycles. The number of furan rings is 1. The third-order valence-corrected chi connectivity index (χ3v) is 4.47. The van der Waals surface area contributed by atoms with Crippen molar-refractivity contribution >= 4 is 35.6 Å². The molecule has 0 atom stereocenters. The standard InChI is InChI=1S/C21H17ClN2O7/c1-4-7-30-18-14(22)8-12(10-17(18)28-2)9-15-19(25)24(21(27)23-15)11-13-5-6-16(31-13)20(26)29-3/h1,5-6,8-10H,7,11H2,2-3H3,(H,23,27)/b15-9-. The highest BCUT2D eigenvalue weighted by molar-refractivity contribution is 6.32. The van der Waals surface area contributed by atoms with Gasteiger partial charge in [-0.2, -0.15) is 0 Å². The molecule has 0 spiro atoms. The Morgan fingerprint density at radius 3 is 2.77 bits per heavy atom. The van der Waals surface area contributed by atoms with Crippen molar-refractivity contribution in [3.05, 3.63) is 52.1 Å². The first-order valence-corrected chi connectivity index (χ1v) is 9.21. The van der Waals surface area contributed by atoms with Crippen LogP contribution in [0, 0.1) is 12.3 Å². The summed E-state index contributed by atoms with van der Waals surface area (Å²) >= 11 is 6.24. The zero-order valence-electron chi connectivity index (χ0n) is 16.6. The van der Waals surface area contributed by atoms with E-state index in [2.05, 4.69) is 16.0 Å². The van der Waals surface area contributed by atoms with Gasteiger partial charge in [-0.15, -0.1) is 6.42 Å². The SMILES string of the molecule is C#CCOc1c(Cl)cc(/C=C2\NC(=O)N(Cc3ccc(C(=O)OC)o3)C2=O)cc1OC. The second-order valence-electron chi connectivity index (χ2n) is 6.16. The van der Waals surface area contributed by atoms with Crippen LogP contribution in [0.5, 0.6) is 11.5 Å². The Hall–Kier alpha value is -3.90. The van der Waals surface area contributed by atoms with Gasteiger partial charge >= 0.3 is 12.0 Å². The third-order valence-electron chi connectivity index (χ3n) is 4.19. The Balaban J connectivity index is 1.81. The average Bonchev–Trinajstić information content (AvgIpc) is 3.32. The van der Waals surface area contributed by atoms with Crippen molar-refractivity contribution in [2.24, 2.45) is 0 Å². The smallest absolute Gasteiger partial charge is 0.373 e. The number of benzene rings is 1. The van der Waals surface area contributed by atoms with E-state index in [9.17, 15) is 14.4 Å². The summed E-state index contributed by atoms with van der Waals surface area (Å²) in [6.45, 7) is -0.160. The molecule has 3 rings (SSSR count). The zero-order valence-corrected chi connectivity index (χ0v) is 17.3. The lowest BCUT2D eigenvalue weighted by Crippen LogP contribution is -2.30. The minimum absolute atomic E-state index is 0.00446. The number of imide groups is 1. The molecule has 1 fully saturated rings. The molecule has 9 nitrogen and oxygen atoms in total. The molecule has 0 saturated carbocycles. The fourth-order valence-electron chi connectivity index (χ4n) is 2.79. The average molecular weight is 445 g/mol. The second kappa shape index (κ2) is 9.28. The fourth-order valence-corrected chi connectivity index (χ4v) is 3.06. The molecule has 3 amide bonds. The van der Waals surface area contributed by atoms with Gasteiger partial charge in [-0.05, 0) is 35.9 Å². The van der Waals surface area contributed by atoms with Gasteiger partial charge in [-0.3, -0.25) is 9.69 Å². The van der Waals surface area contributed by atoms with Crippen molar-refractivity contribution < 1.29 is 33.0 Å².